The number of aliphatic imine (C=N–C) groups is 2. The number of hydrogen-bond acceptors (Lipinski definition) is 22. The van der Waals surface area contributed by atoms with E-state index in [1.54, 1.807) is 58.8 Å². The average Bonchev–Trinajstić information content (AvgIpc) is 3.05. The lowest BCUT2D eigenvalue weighted by Crippen LogP contribution is -2.24. The number of thioether (sulfide) groups is 10. The number of carbonyl (C=O) groups excluding carboxylic acids is 2. The van der Waals surface area contributed by atoms with Crippen molar-refractivity contribution in [1.82, 2.24) is 10.6 Å². The van der Waals surface area contributed by atoms with Crippen molar-refractivity contribution in [1.29, 1.82) is 0 Å². The van der Waals surface area contributed by atoms with Crippen LogP contribution in [0.5, 0.6) is 0 Å². The van der Waals surface area contributed by atoms with Gasteiger partial charge in [-0.2, -0.15) is 9.78 Å². The summed E-state index contributed by atoms with van der Waals surface area (Å²) in [5.74, 6) is 8.64. The lowest BCUT2D eigenvalue weighted by Gasteiger charge is -2.06. The molecule has 0 aliphatic rings. The van der Waals surface area contributed by atoms with Crippen LogP contribution < -0.4 is 10.6 Å². The molecule has 0 atom stereocenters. The molecule has 0 spiro atoms. The number of carbonyl (C=O) groups is 2. The smallest absolute Gasteiger partial charge is 0.408 e. The lowest BCUT2D eigenvalue weighted by molar-refractivity contribution is -0.196. The maximum Gasteiger partial charge on any atom is 0.408 e. The molecule has 0 aromatic rings. The number of rotatable bonds is 35. The summed E-state index contributed by atoms with van der Waals surface area (Å²) in [5, 5.41) is 24.1. The molecular weight excluding hydrogens is 801 g/mol. The second-order valence-electron chi connectivity index (χ2n) is 7.00. The number of alkyl carbamates (subject to hydrolysis) is 2. The molecule has 0 saturated heterocycles. The first-order valence-electron chi connectivity index (χ1n) is 13.0. The minimum Gasteiger partial charge on any atom is -0.438 e. The highest BCUT2D eigenvalue weighted by Crippen LogP contribution is 2.12. The predicted molar refractivity (Wildman–Crippen MR) is 209 cm³/mol. The molecule has 0 rings (SSSR count). The molecule has 0 radical (unpaired) electrons. The van der Waals surface area contributed by atoms with Gasteiger partial charge >= 0.3 is 12.2 Å². The zero-order chi connectivity index (χ0) is 33.4. The Morgan fingerprint density at radius 2 is 0.957 bits per heavy atom. The van der Waals surface area contributed by atoms with Gasteiger partial charge in [0.25, 0.3) is 0 Å². The molecule has 0 aromatic carbocycles. The molecule has 0 heterocycles. The normalized spacial score (nSPS) is 11.3. The summed E-state index contributed by atoms with van der Waals surface area (Å²) < 4.78 is 10.1. The van der Waals surface area contributed by atoms with Gasteiger partial charge in [-0.25, -0.2) is 19.6 Å². The zero-order valence-corrected chi connectivity index (χ0v) is 33.2. The van der Waals surface area contributed by atoms with Crippen LogP contribution in [0.2, 0.25) is 0 Å². The van der Waals surface area contributed by atoms with E-state index in [1.807, 2.05) is 0 Å². The molecule has 4 N–H and O–H groups in total. The van der Waals surface area contributed by atoms with E-state index in [1.165, 1.54) is 71.6 Å². The van der Waals surface area contributed by atoms with Gasteiger partial charge in [0.15, 0.2) is 0 Å². The van der Waals surface area contributed by atoms with Gasteiger partial charge in [0.2, 0.25) is 12.8 Å². The highest BCUT2D eigenvalue weighted by atomic mass is 32.2. The van der Waals surface area contributed by atoms with Crippen LogP contribution in [0.15, 0.2) is 9.98 Å². The van der Waals surface area contributed by atoms with E-state index >= 15 is 0 Å². The van der Waals surface area contributed by atoms with Crippen LogP contribution in [0.4, 0.5) is 9.59 Å². The van der Waals surface area contributed by atoms with Crippen LogP contribution in [0.25, 0.3) is 0 Å². The molecule has 0 aliphatic heterocycles. The molecule has 14 nitrogen and oxygen atoms in total. The van der Waals surface area contributed by atoms with Gasteiger partial charge in [-0.3, -0.25) is 0 Å². The standard InChI is InChI=1S/C22H42N4O10S10/c27-13-43-19-45-16-32-22(30)26-12-40-4-2-37-9-23-7-33-35-17-42-6-5-41-15-31-21(29)25-11-39-3-1-38-10-24-8-34-36-18-46-20-44-14-28/h7-8,27-28H,1-6,9-20H2,(H,25,29)(H,26,30). The molecule has 0 aliphatic carbocycles. The van der Waals surface area contributed by atoms with E-state index in [2.05, 4.69) is 20.6 Å². The Morgan fingerprint density at radius 1 is 0.543 bits per heavy atom. The summed E-state index contributed by atoms with van der Waals surface area (Å²) in [4.78, 5) is 50.9. The van der Waals surface area contributed by atoms with E-state index in [9.17, 15) is 9.59 Å². The number of aliphatic hydroxyl groups excluding tert-OH is 2. The fourth-order valence-corrected chi connectivity index (χ4v) is 9.02. The van der Waals surface area contributed by atoms with Crippen molar-refractivity contribution in [2.75, 3.05) is 104 Å². The Labute approximate surface area is 313 Å². The Morgan fingerprint density at radius 3 is 1.48 bits per heavy atom. The van der Waals surface area contributed by atoms with Crippen LogP contribution in [-0.2, 0) is 29.0 Å². The van der Waals surface area contributed by atoms with Gasteiger partial charge in [-0.05, 0) is 0 Å². The number of nitrogens with one attached hydrogen (secondary N) is 2. The van der Waals surface area contributed by atoms with Gasteiger partial charge < -0.3 is 40.1 Å². The summed E-state index contributed by atoms with van der Waals surface area (Å²) in [6.07, 6.45) is 1.68. The van der Waals surface area contributed by atoms with Crippen molar-refractivity contribution < 1.29 is 48.8 Å². The van der Waals surface area contributed by atoms with E-state index in [4.69, 9.17) is 39.2 Å². The summed E-state index contributed by atoms with van der Waals surface area (Å²) in [6, 6.07) is 0. The molecular formula is C22H42N4O10S10. The molecule has 24 heteroatoms. The number of hydrogen-bond donors (Lipinski definition) is 4. The molecule has 46 heavy (non-hydrogen) atoms. The zero-order valence-electron chi connectivity index (χ0n) is 25.0. The SMILES string of the molecule is O=C(NCSCCSCN=COOCSCSCO)OCSCCSCOOC=NCSCCSCNC(=O)OCSCSCO. The van der Waals surface area contributed by atoms with Crippen LogP contribution in [0, 0.1) is 0 Å². The van der Waals surface area contributed by atoms with Gasteiger partial charge in [-0.15, -0.1) is 118 Å². The molecule has 270 valence electrons. The van der Waals surface area contributed by atoms with Crippen molar-refractivity contribution in [3.05, 3.63) is 0 Å². The Hall–Kier alpha value is 0.820. The summed E-state index contributed by atoms with van der Waals surface area (Å²) in [7, 11) is 0. The highest BCUT2D eigenvalue weighted by Gasteiger charge is 2.02. The predicted octanol–water partition coefficient (Wildman–Crippen LogP) is 5.20. The Bertz CT molecular complexity index is 745. The number of ether oxygens (including phenoxy) is 2. The number of amides is 2. The summed E-state index contributed by atoms with van der Waals surface area (Å²) >= 11 is 15.2. The quantitative estimate of drug-likeness (QED) is 0.0163. The van der Waals surface area contributed by atoms with Gasteiger partial charge in [0.05, 0.1) is 35.4 Å². The topological polar surface area (TPSA) is 179 Å². The third kappa shape index (κ3) is 41.0. The fourth-order valence-electron chi connectivity index (χ4n) is 1.93. The van der Waals surface area contributed by atoms with E-state index in [-0.39, 0.29) is 23.8 Å². The Kier molecular flexibility index (Phi) is 42.7. The van der Waals surface area contributed by atoms with E-state index < -0.39 is 12.2 Å². The summed E-state index contributed by atoms with van der Waals surface area (Å²) in [5.41, 5.74) is 0. The van der Waals surface area contributed by atoms with Crippen LogP contribution in [-0.4, -0.2) is 139 Å². The molecule has 0 saturated carbocycles. The number of nitrogens with zero attached hydrogens (tertiary/aromatic N) is 2. The fraction of sp³-hybridized carbons (Fsp3) is 0.818. The second-order valence-corrected chi connectivity index (χ2v) is 18.0. The van der Waals surface area contributed by atoms with Gasteiger partial charge in [0, 0.05) is 44.7 Å². The highest BCUT2D eigenvalue weighted by molar-refractivity contribution is 8.16. The first-order valence-corrected chi connectivity index (χ1v) is 24.6. The Balaban J connectivity index is 3.27. The average molecular weight is 843 g/mol. The van der Waals surface area contributed by atoms with Crippen molar-refractivity contribution in [2.45, 2.75) is 0 Å². The van der Waals surface area contributed by atoms with E-state index in [0.717, 1.165) is 39.6 Å². The van der Waals surface area contributed by atoms with Crippen LogP contribution >= 0.6 is 118 Å². The first kappa shape index (κ1) is 46.8. The summed E-state index contributed by atoms with van der Waals surface area (Å²) in [6.45, 7) is 0. The molecule has 0 unspecified atom stereocenters. The maximum absolute atomic E-state index is 11.7. The first-order chi connectivity index (χ1) is 22.7. The minimum atomic E-state index is -0.443. The van der Waals surface area contributed by atoms with Gasteiger partial charge in [-0.1, -0.05) is 0 Å². The molecule has 0 bridgehead atoms. The minimum absolute atomic E-state index is 0.0612. The van der Waals surface area contributed by atoms with Crippen molar-refractivity contribution in [2.24, 2.45) is 9.98 Å². The van der Waals surface area contributed by atoms with Crippen molar-refractivity contribution in [3.8, 4) is 0 Å². The third-order valence-corrected chi connectivity index (χ3v) is 13.0. The molecule has 2 amide bonds. The van der Waals surface area contributed by atoms with Gasteiger partial charge in [0.1, 0.15) is 23.8 Å². The molecule has 0 fully saturated rings. The van der Waals surface area contributed by atoms with Crippen molar-refractivity contribution >= 4 is 143 Å². The lowest BCUT2D eigenvalue weighted by atomic mass is 11.0. The third-order valence-electron chi connectivity index (χ3n) is 3.78. The van der Waals surface area contributed by atoms with Crippen LogP contribution in [0.3, 0.4) is 0 Å². The number of aliphatic hydroxyl groups is 2. The monoisotopic (exact) mass is 842 g/mol. The second kappa shape index (κ2) is 42.0. The van der Waals surface area contributed by atoms with Crippen LogP contribution in [0.1, 0.15) is 0 Å². The largest absolute Gasteiger partial charge is 0.438 e. The maximum atomic E-state index is 11.7. The van der Waals surface area contributed by atoms with Crippen molar-refractivity contribution in [3.63, 3.8) is 0 Å². The van der Waals surface area contributed by atoms with E-state index in [0.29, 0.717) is 40.5 Å². The molecule has 0 aromatic heterocycles.